The van der Waals surface area contributed by atoms with Crippen molar-refractivity contribution in [1.82, 2.24) is 9.88 Å². The Morgan fingerprint density at radius 3 is 2.45 bits per heavy atom. The Labute approximate surface area is 170 Å². The third-order valence-corrected chi connectivity index (χ3v) is 6.09. The second-order valence-corrected chi connectivity index (χ2v) is 10.1. The molecule has 0 bridgehead atoms. The molecule has 3 rings (SSSR count). The molecule has 1 aromatic heterocycles. The van der Waals surface area contributed by atoms with E-state index in [1.165, 1.54) is 4.90 Å². The minimum absolute atomic E-state index is 0.00817. The lowest BCUT2D eigenvalue weighted by atomic mass is 10.2. The van der Waals surface area contributed by atoms with Crippen LogP contribution >= 0.6 is 0 Å². The normalized spacial score (nSPS) is 20.9. The summed E-state index contributed by atoms with van der Waals surface area (Å²) in [5, 5.41) is 4.31. The van der Waals surface area contributed by atoms with E-state index in [0.717, 1.165) is 0 Å². The summed E-state index contributed by atoms with van der Waals surface area (Å²) >= 11 is 0. The SMILES string of the molecule is CC(C)(C)OC(=O)N1CCN(c2ncccc2N2CC(S(N)(=O)=O)CC2=O)CC1. The fourth-order valence-electron chi connectivity index (χ4n) is 3.40. The van der Waals surface area contributed by atoms with Crippen LogP contribution in [0.4, 0.5) is 16.3 Å². The van der Waals surface area contributed by atoms with Gasteiger partial charge in [-0.1, -0.05) is 0 Å². The maximum atomic E-state index is 12.4. The average molecular weight is 426 g/mol. The molecule has 10 nitrogen and oxygen atoms in total. The number of amides is 2. The highest BCUT2D eigenvalue weighted by atomic mass is 32.2. The summed E-state index contributed by atoms with van der Waals surface area (Å²) in [7, 11) is -3.80. The average Bonchev–Trinajstić information content (AvgIpc) is 3.02. The van der Waals surface area contributed by atoms with Gasteiger partial charge in [-0.05, 0) is 32.9 Å². The molecule has 160 valence electrons. The molecule has 0 aromatic carbocycles. The molecule has 0 radical (unpaired) electrons. The number of pyridine rings is 1. The van der Waals surface area contributed by atoms with Gasteiger partial charge in [-0.3, -0.25) is 4.79 Å². The Hall–Kier alpha value is -2.40. The maximum Gasteiger partial charge on any atom is 0.410 e. The van der Waals surface area contributed by atoms with Gasteiger partial charge >= 0.3 is 6.09 Å². The third-order valence-electron chi connectivity index (χ3n) is 4.84. The molecular formula is C18H27N5O5S. The van der Waals surface area contributed by atoms with Gasteiger partial charge in [-0.25, -0.2) is 23.3 Å². The molecule has 2 fully saturated rings. The summed E-state index contributed by atoms with van der Waals surface area (Å²) in [5.41, 5.74) is -0.00684. The van der Waals surface area contributed by atoms with Crippen molar-refractivity contribution in [3.63, 3.8) is 0 Å². The first-order chi connectivity index (χ1) is 13.5. The minimum Gasteiger partial charge on any atom is -0.444 e. The van der Waals surface area contributed by atoms with Crippen LogP contribution in [0.15, 0.2) is 18.3 Å². The smallest absolute Gasteiger partial charge is 0.410 e. The number of anilines is 2. The van der Waals surface area contributed by atoms with Gasteiger partial charge in [-0.15, -0.1) is 0 Å². The van der Waals surface area contributed by atoms with Crippen LogP contribution in [0.1, 0.15) is 27.2 Å². The number of piperazine rings is 1. The lowest BCUT2D eigenvalue weighted by molar-refractivity contribution is -0.117. The third kappa shape index (κ3) is 4.96. The molecule has 1 unspecified atom stereocenters. The van der Waals surface area contributed by atoms with Crippen molar-refractivity contribution >= 4 is 33.5 Å². The molecule has 11 heteroatoms. The molecule has 3 heterocycles. The van der Waals surface area contributed by atoms with Crippen LogP contribution in [-0.4, -0.2) is 73.9 Å². The summed E-state index contributed by atoms with van der Waals surface area (Å²) in [6.07, 6.45) is 1.13. The van der Waals surface area contributed by atoms with Gasteiger partial charge < -0.3 is 19.4 Å². The fourth-order valence-corrected chi connectivity index (χ4v) is 4.13. The second-order valence-electron chi connectivity index (χ2n) is 8.22. The first-order valence-electron chi connectivity index (χ1n) is 9.45. The highest BCUT2D eigenvalue weighted by Gasteiger charge is 2.39. The number of rotatable bonds is 3. The number of sulfonamides is 1. The van der Waals surface area contributed by atoms with Crippen molar-refractivity contribution in [2.75, 3.05) is 42.5 Å². The van der Waals surface area contributed by atoms with Gasteiger partial charge in [0.2, 0.25) is 15.9 Å². The van der Waals surface area contributed by atoms with E-state index in [2.05, 4.69) is 4.98 Å². The highest BCUT2D eigenvalue weighted by Crippen LogP contribution is 2.32. The van der Waals surface area contributed by atoms with Crippen molar-refractivity contribution in [1.29, 1.82) is 0 Å². The number of nitrogens with zero attached hydrogens (tertiary/aromatic N) is 4. The van der Waals surface area contributed by atoms with Crippen LogP contribution in [0.3, 0.4) is 0 Å². The predicted octanol–water partition coefficient (Wildman–Crippen LogP) is 0.533. The molecule has 29 heavy (non-hydrogen) atoms. The quantitative estimate of drug-likeness (QED) is 0.749. The molecule has 0 saturated carbocycles. The topological polar surface area (TPSA) is 126 Å². The molecule has 2 aliphatic heterocycles. The molecule has 0 aliphatic carbocycles. The molecule has 2 aliphatic rings. The molecule has 0 spiro atoms. The number of primary sulfonamides is 1. The number of ether oxygens (including phenoxy) is 1. The van der Waals surface area contributed by atoms with Crippen LogP contribution in [0, 0.1) is 0 Å². The van der Waals surface area contributed by atoms with Crippen molar-refractivity contribution in [2.45, 2.75) is 38.0 Å². The van der Waals surface area contributed by atoms with Gasteiger partial charge in [0.25, 0.3) is 0 Å². The van der Waals surface area contributed by atoms with Crippen LogP contribution < -0.4 is 14.9 Å². The Balaban J connectivity index is 1.73. The zero-order chi connectivity index (χ0) is 21.4. The lowest BCUT2D eigenvalue weighted by Gasteiger charge is -2.37. The van der Waals surface area contributed by atoms with E-state index in [1.807, 2.05) is 25.7 Å². The summed E-state index contributed by atoms with van der Waals surface area (Å²) in [6, 6.07) is 3.44. The molecule has 2 amide bonds. The maximum absolute atomic E-state index is 12.4. The van der Waals surface area contributed by atoms with Gasteiger partial charge in [0.1, 0.15) is 10.9 Å². The number of carbonyl (C=O) groups excluding carboxylic acids is 2. The Morgan fingerprint density at radius 1 is 1.24 bits per heavy atom. The molecule has 2 N–H and O–H groups in total. The first kappa shape index (κ1) is 21.3. The number of aromatic nitrogens is 1. The highest BCUT2D eigenvalue weighted by molar-refractivity contribution is 7.89. The van der Waals surface area contributed by atoms with Gasteiger partial charge in [0.05, 0.1) is 5.69 Å². The number of hydrogen-bond donors (Lipinski definition) is 1. The van der Waals surface area contributed by atoms with E-state index < -0.39 is 20.9 Å². The summed E-state index contributed by atoms with van der Waals surface area (Å²) in [6.45, 7) is 7.43. The van der Waals surface area contributed by atoms with Crippen molar-refractivity contribution < 1.29 is 22.7 Å². The van der Waals surface area contributed by atoms with E-state index in [1.54, 1.807) is 23.2 Å². The van der Waals surface area contributed by atoms with E-state index in [-0.39, 0.29) is 25.0 Å². The monoisotopic (exact) mass is 425 g/mol. The van der Waals surface area contributed by atoms with Crippen LogP contribution in [0.2, 0.25) is 0 Å². The van der Waals surface area contributed by atoms with E-state index in [4.69, 9.17) is 9.88 Å². The molecule has 1 aromatic rings. The number of hydrogen-bond acceptors (Lipinski definition) is 7. The Kier molecular flexibility index (Phi) is 5.72. The zero-order valence-electron chi connectivity index (χ0n) is 16.9. The zero-order valence-corrected chi connectivity index (χ0v) is 17.7. The fraction of sp³-hybridized carbons (Fsp3) is 0.611. The number of carbonyl (C=O) groups is 2. The summed E-state index contributed by atoms with van der Waals surface area (Å²) in [4.78, 5) is 34.1. The predicted molar refractivity (Wildman–Crippen MR) is 108 cm³/mol. The van der Waals surface area contributed by atoms with Crippen molar-refractivity contribution in [3.05, 3.63) is 18.3 Å². The van der Waals surface area contributed by atoms with Crippen molar-refractivity contribution in [2.24, 2.45) is 5.14 Å². The Bertz CT molecular complexity index is 890. The van der Waals surface area contributed by atoms with E-state index in [0.29, 0.717) is 37.7 Å². The first-order valence-corrected chi connectivity index (χ1v) is 11.1. The summed E-state index contributed by atoms with van der Waals surface area (Å²) < 4.78 is 28.7. The van der Waals surface area contributed by atoms with Gasteiger partial charge in [0, 0.05) is 45.3 Å². The van der Waals surface area contributed by atoms with Crippen LogP contribution in [0.5, 0.6) is 0 Å². The van der Waals surface area contributed by atoms with Crippen LogP contribution in [-0.2, 0) is 19.6 Å². The standard InChI is InChI=1S/C18H27N5O5S/c1-18(2,3)28-17(25)22-9-7-21(8-10-22)16-14(5-4-6-20-16)23-12-13(11-15(23)24)29(19,26)27/h4-6,13H,7-12H2,1-3H3,(H2,19,26,27). The van der Waals surface area contributed by atoms with E-state index in [9.17, 15) is 18.0 Å². The van der Waals surface area contributed by atoms with Gasteiger partial charge in [0.15, 0.2) is 5.82 Å². The van der Waals surface area contributed by atoms with Gasteiger partial charge in [-0.2, -0.15) is 0 Å². The Morgan fingerprint density at radius 2 is 1.90 bits per heavy atom. The minimum atomic E-state index is -3.80. The van der Waals surface area contributed by atoms with Crippen molar-refractivity contribution in [3.8, 4) is 0 Å². The lowest BCUT2D eigenvalue weighted by Crippen LogP contribution is -2.50. The summed E-state index contributed by atoms with van der Waals surface area (Å²) in [5.74, 6) is 0.283. The molecular weight excluding hydrogens is 398 g/mol. The van der Waals surface area contributed by atoms with E-state index >= 15 is 0 Å². The molecule has 2 saturated heterocycles. The second kappa shape index (κ2) is 7.79. The largest absolute Gasteiger partial charge is 0.444 e. The number of nitrogens with two attached hydrogens (primary N) is 1. The molecule has 1 atom stereocenters. The van der Waals surface area contributed by atoms with Crippen LogP contribution in [0.25, 0.3) is 0 Å².